The summed E-state index contributed by atoms with van der Waals surface area (Å²) in [5, 5.41) is 7.22. The van der Waals surface area contributed by atoms with Crippen molar-refractivity contribution in [3.8, 4) is 5.75 Å². The summed E-state index contributed by atoms with van der Waals surface area (Å²) in [5.74, 6) is 0.653. The molecule has 0 aliphatic rings. The van der Waals surface area contributed by atoms with E-state index in [-0.39, 0.29) is 12.5 Å². The number of benzene rings is 2. The Morgan fingerprint density at radius 2 is 1.75 bits per heavy atom. The standard InChI is InChI=1S/C23H23Cl2N3O4/c1-4-28(12-21(29)26-22-19(24)6-5-7-20(22)25)23(30)16-8-10-17(11-9-16)31-13-18-14(2)27-32-15(18)3/h5-11H,4,12-13H2,1-3H3,(H,26,29). The van der Waals surface area contributed by atoms with Crippen molar-refractivity contribution in [2.45, 2.75) is 27.4 Å². The van der Waals surface area contributed by atoms with Gasteiger partial charge in [-0.15, -0.1) is 0 Å². The van der Waals surface area contributed by atoms with Crippen molar-refractivity contribution in [3.63, 3.8) is 0 Å². The van der Waals surface area contributed by atoms with Crippen LogP contribution in [0.4, 0.5) is 5.69 Å². The Labute approximate surface area is 196 Å². The third kappa shape index (κ3) is 5.60. The number of halogens is 2. The SMILES string of the molecule is CCN(CC(=O)Nc1c(Cl)cccc1Cl)C(=O)c1ccc(OCc2c(C)noc2C)cc1. The summed E-state index contributed by atoms with van der Waals surface area (Å²) in [7, 11) is 0. The highest BCUT2D eigenvalue weighted by Gasteiger charge is 2.19. The number of aromatic nitrogens is 1. The van der Waals surface area contributed by atoms with E-state index in [0.717, 1.165) is 11.3 Å². The second kappa shape index (κ2) is 10.5. The van der Waals surface area contributed by atoms with Crippen LogP contribution in [0.1, 0.15) is 34.3 Å². The molecule has 3 rings (SSSR count). The number of para-hydroxylation sites is 1. The van der Waals surface area contributed by atoms with E-state index < -0.39 is 5.91 Å². The summed E-state index contributed by atoms with van der Waals surface area (Å²) in [6.45, 7) is 6.02. The van der Waals surface area contributed by atoms with Crippen molar-refractivity contribution < 1.29 is 18.8 Å². The van der Waals surface area contributed by atoms with Crippen molar-refractivity contribution in [1.29, 1.82) is 0 Å². The van der Waals surface area contributed by atoms with Crippen LogP contribution in [-0.2, 0) is 11.4 Å². The molecule has 0 saturated carbocycles. The summed E-state index contributed by atoms with van der Waals surface area (Å²) >= 11 is 12.2. The molecule has 0 unspecified atom stereocenters. The predicted octanol–water partition coefficient (Wildman–Crippen LogP) is 5.28. The first kappa shape index (κ1) is 23.6. The van der Waals surface area contributed by atoms with Gasteiger partial charge in [0, 0.05) is 12.1 Å². The van der Waals surface area contributed by atoms with E-state index in [0.29, 0.717) is 46.0 Å². The van der Waals surface area contributed by atoms with Crippen LogP contribution < -0.4 is 10.1 Å². The zero-order valence-corrected chi connectivity index (χ0v) is 19.5. The summed E-state index contributed by atoms with van der Waals surface area (Å²) < 4.78 is 10.9. The molecule has 168 valence electrons. The number of carbonyl (C=O) groups excluding carboxylic acids is 2. The molecule has 1 aromatic heterocycles. The Hall–Kier alpha value is -3.03. The molecular formula is C23H23Cl2N3O4. The molecule has 0 bridgehead atoms. The summed E-state index contributed by atoms with van der Waals surface area (Å²) in [6, 6.07) is 11.7. The van der Waals surface area contributed by atoms with E-state index in [1.54, 1.807) is 49.4 Å². The van der Waals surface area contributed by atoms with E-state index in [9.17, 15) is 9.59 Å². The molecular weight excluding hydrogens is 453 g/mol. The minimum absolute atomic E-state index is 0.138. The number of nitrogens with one attached hydrogen (secondary N) is 1. The average molecular weight is 476 g/mol. The molecule has 0 aliphatic heterocycles. The van der Waals surface area contributed by atoms with Crippen molar-refractivity contribution >= 4 is 40.7 Å². The predicted molar refractivity (Wildman–Crippen MR) is 123 cm³/mol. The number of likely N-dealkylation sites (N-methyl/N-ethyl adjacent to an activating group) is 1. The second-order valence-corrected chi connectivity index (χ2v) is 7.89. The maximum absolute atomic E-state index is 12.9. The van der Waals surface area contributed by atoms with E-state index in [2.05, 4.69) is 10.5 Å². The van der Waals surface area contributed by atoms with Crippen molar-refractivity contribution in [3.05, 3.63) is 75.1 Å². The lowest BCUT2D eigenvalue weighted by Crippen LogP contribution is -2.37. The molecule has 2 amide bonds. The molecule has 2 aromatic carbocycles. The van der Waals surface area contributed by atoms with Crippen LogP contribution in [-0.4, -0.2) is 35.0 Å². The molecule has 0 radical (unpaired) electrons. The monoisotopic (exact) mass is 475 g/mol. The van der Waals surface area contributed by atoms with Gasteiger partial charge >= 0.3 is 0 Å². The maximum Gasteiger partial charge on any atom is 0.254 e. The number of hydrogen-bond acceptors (Lipinski definition) is 5. The number of anilines is 1. The third-order valence-corrected chi connectivity index (χ3v) is 5.53. The molecule has 0 atom stereocenters. The molecule has 7 nitrogen and oxygen atoms in total. The van der Waals surface area contributed by atoms with E-state index in [4.69, 9.17) is 32.5 Å². The highest BCUT2D eigenvalue weighted by atomic mass is 35.5. The number of ether oxygens (including phenoxy) is 1. The Morgan fingerprint density at radius 3 is 2.31 bits per heavy atom. The second-order valence-electron chi connectivity index (χ2n) is 7.08. The topological polar surface area (TPSA) is 84.7 Å². The molecule has 32 heavy (non-hydrogen) atoms. The van der Waals surface area contributed by atoms with Crippen LogP contribution >= 0.6 is 23.2 Å². The van der Waals surface area contributed by atoms with Gasteiger partial charge in [0.2, 0.25) is 5.91 Å². The van der Waals surface area contributed by atoms with Gasteiger partial charge in [0.05, 0.1) is 27.0 Å². The van der Waals surface area contributed by atoms with Crippen LogP contribution in [0.25, 0.3) is 0 Å². The maximum atomic E-state index is 12.9. The van der Waals surface area contributed by atoms with E-state index in [1.165, 1.54) is 4.90 Å². The number of rotatable bonds is 8. The van der Waals surface area contributed by atoms with Crippen LogP contribution in [0.3, 0.4) is 0 Å². The van der Waals surface area contributed by atoms with Gasteiger partial charge in [0.15, 0.2) is 0 Å². The molecule has 3 aromatic rings. The Morgan fingerprint density at radius 1 is 1.09 bits per heavy atom. The first-order valence-corrected chi connectivity index (χ1v) is 10.7. The Bertz CT molecular complexity index is 1070. The van der Waals surface area contributed by atoms with E-state index >= 15 is 0 Å². The zero-order chi connectivity index (χ0) is 23.3. The fourth-order valence-corrected chi connectivity index (χ4v) is 3.53. The van der Waals surface area contributed by atoms with Crippen LogP contribution in [0.5, 0.6) is 5.75 Å². The summed E-state index contributed by atoms with van der Waals surface area (Å²) in [6.07, 6.45) is 0. The molecule has 0 saturated heterocycles. The molecule has 0 fully saturated rings. The quantitative estimate of drug-likeness (QED) is 0.478. The fourth-order valence-electron chi connectivity index (χ4n) is 3.04. The van der Waals surface area contributed by atoms with Crippen LogP contribution in [0.2, 0.25) is 10.0 Å². The average Bonchev–Trinajstić information content (AvgIpc) is 3.10. The van der Waals surface area contributed by atoms with Gasteiger partial charge in [-0.05, 0) is 57.2 Å². The van der Waals surface area contributed by atoms with Gasteiger partial charge < -0.3 is 19.5 Å². The molecule has 1 N–H and O–H groups in total. The van der Waals surface area contributed by atoms with Gasteiger partial charge in [-0.1, -0.05) is 34.4 Å². The highest BCUT2D eigenvalue weighted by Crippen LogP contribution is 2.29. The first-order valence-electron chi connectivity index (χ1n) is 9.97. The van der Waals surface area contributed by atoms with Crippen molar-refractivity contribution in [2.24, 2.45) is 0 Å². The molecule has 1 heterocycles. The van der Waals surface area contributed by atoms with Gasteiger partial charge in [0.1, 0.15) is 24.7 Å². The smallest absolute Gasteiger partial charge is 0.254 e. The lowest BCUT2D eigenvalue weighted by atomic mass is 10.2. The van der Waals surface area contributed by atoms with Crippen LogP contribution in [0.15, 0.2) is 47.0 Å². The third-order valence-electron chi connectivity index (χ3n) is 4.90. The summed E-state index contributed by atoms with van der Waals surface area (Å²) in [4.78, 5) is 26.8. The molecule has 9 heteroatoms. The van der Waals surface area contributed by atoms with Crippen molar-refractivity contribution in [2.75, 3.05) is 18.4 Å². The first-order chi connectivity index (χ1) is 15.3. The van der Waals surface area contributed by atoms with Gasteiger partial charge in [-0.25, -0.2) is 0 Å². The van der Waals surface area contributed by atoms with Crippen molar-refractivity contribution in [1.82, 2.24) is 10.1 Å². The molecule has 0 aliphatic carbocycles. The van der Waals surface area contributed by atoms with Crippen LogP contribution in [0, 0.1) is 13.8 Å². The number of nitrogens with zero attached hydrogens (tertiary/aromatic N) is 2. The van der Waals surface area contributed by atoms with Gasteiger partial charge in [-0.3, -0.25) is 9.59 Å². The number of carbonyl (C=O) groups is 2. The largest absolute Gasteiger partial charge is 0.489 e. The molecule has 0 spiro atoms. The number of aryl methyl sites for hydroxylation is 2. The normalized spacial score (nSPS) is 10.7. The lowest BCUT2D eigenvalue weighted by molar-refractivity contribution is -0.116. The van der Waals surface area contributed by atoms with E-state index in [1.807, 2.05) is 13.8 Å². The summed E-state index contributed by atoms with van der Waals surface area (Å²) in [5.41, 5.74) is 2.44. The van der Waals surface area contributed by atoms with Gasteiger partial charge in [-0.2, -0.15) is 0 Å². The zero-order valence-electron chi connectivity index (χ0n) is 17.9. The minimum atomic E-state index is -0.394. The highest BCUT2D eigenvalue weighted by molar-refractivity contribution is 6.39. The minimum Gasteiger partial charge on any atom is -0.489 e. The number of hydrogen-bond donors (Lipinski definition) is 1. The fraction of sp³-hybridized carbons (Fsp3) is 0.261. The lowest BCUT2D eigenvalue weighted by Gasteiger charge is -2.21. The number of amides is 2. The Kier molecular flexibility index (Phi) is 7.77. The van der Waals surface area contributed by atoms with Gasteiger partial charge in [0.25, 0.3) is 5.91 Å². The Balaban J connectivity index is 1.61.